The minimum absolute atomic E-state index is 0.0149. The Balaban J connectivity index is 1.81. The van der Waals surface area contributed by atoms with Crippen LogP contribution < -0.4 is 11.1 Å². The summed E-state index contributed by atoms with van der Waals surface area (Å²) in [5, 5.41) is 14.3. The second-order valence-electron chi connectivity index (χ2n) is 5.31. The van der Waals surface area contributed by atoms with Crippen LogP contribution in [0.15, 0.2) is 22.7 Å². The summed E-state index contributed by atoms with van der Waals surface area (Å²) >= 11 is 3.33. The van der Waals surface area contributed by atoms with Crippen LogP contribution in [0.1, 0.15) is 12.8 Å². The van der Waals surface area contributed by atoms with Crippen LogP contribution in [0.5, 0.6) is 0 Å². The molecule has 1 saturated heterocycles. The Bertz CT molecular complexity index is 540. The summed E-state index contributed by atoms with van der Waals surface area (Å²) < 4.78 is 6.53. The van der Waals surface area contributed by atoms with Gasteiger partial charge in [0.25, 0.3) is 5.69 Å². The molecule has 2 fully saturated rings. The highest BCUT2D eigenvalue weighted by Gasteiger charge is 2.50. The Morgan fingerprint density at radius 1 is 1.50 bits per heavy atom. The van der Waals surface area contributed by atoms with Crippen molar-refractivity contribution in [3.8, 4) is 0 Å². The van der Waals surface area contributed by atoms with Crippen molar-refractivity contribution in [3.63, 3.8) is 0 Å². The van der Waals surface area contributed by atoms with Crippen molar-refractivity contribution >= 4 is 27.3 Å². The fourth-order valence-electron chi connectivity index (χ4n) is 3.09. The summed E-state index contributed by atoms with van der Waals surface area (Å²) in [5.41, 5.74) is 6.70. The number of ether oxygens (including phenoxy) is 1. The van der Waals surface area contributed by atoms with E-state index in [1.807, 2.05) is 0 Å². The van der Waals surface area contributed by atoms with E-state index in [2.05, 4.69) is 21.2 Å². The zero-order chi connectivity index (χ0) is 14.3. The van der Waals surface area contributed by atoms with E-state index in [1.165, 1.54) is 6.07 Å². The molecule has 0 radical (unpaired) electrons. The molecule has 1 aromatic rings. The average Bonchev–Trinajstić information content (AvgIpc) is 2.44. The SMILES string of the molecule is NC1C2CCCOC2C1Nc1cc(Br)ccc1[N+](=O)[O-]. The van der Waals surface area contributed by atoms with Gasteiger partial charge in [0.05, 0.1) is 17.1 Å². The Labute approximate surface area is 124 Å². The third-order valence-corrected chi connectivity index (χ3v) is 4.65. The maximum atomic E-state index is 11.1. The van der Waals surface area contributed by atoms with Crippen LogP contribution in [0.25, 0.3) is 0 Å². The average molecular weight is 342 g/mol. The highest BCUT2D eigenvalue weighted by atomic mass is 79.9. The van der Waals surface area contributed by atoms with Gasteiger partial charge >= 0.3 is 0 Å². The van der Waals surface area contributed by atoms with E-state index >= 15 is 0 Å². The number of nitro groups is 1. The van der Waals surface area contributed by atoms with Crippen LogP contribution in [-0.2, 0) is 4.74 Å². The van der Waals surface area contributed by atoms with Crippen molar-refractivity contribution < 1.29 is 9.66 Å². The number of halogens is 1. The summed E-state index contributed by atoms with van der Waals surface area (Å²) in [6.45, 7) is 0.743. The van der Waals surface area contributed by atoms with Crippen molar-refractivity contribution in [2.24, 2.45) is 11.7 Å². The molecule has 4 unspecified atom stereocenters. The molecule has 3 N–H and O–H groups in total. The van der Waals surface area contributed by atoms with Gasteiger partial charge in [0.15, 0.2) is 0 Å². The van der Waals surface area contributed by atoms with E-state index in [0.717, 1.165) is 23.9 Å². The Kier molecular flexibility index (Phi) is 3.66. The Morgan fingerprint density at radius 3 is 3.05 bits per heavy atom. The van der Waals surface area contributed by atoms with Crippen LogP contribution in [0.3, 0.4) is 0 Å². The lowest BCUT2D eigenvalue weighted by molar-refractivity contribution is -0.384. The second-order valence-corrected chi connectivity index (χ2v) is 6.22. The van der Waals surface area contributed by atoms with Crippen LogP contribution in [-0.4, -0.2) is 29.7 Å². The largest absolute Gasteiger partial charge is 0.376 e. The Hall–Kier alpha value is -1.18. The summed E-state index contributed by atoms with van der Waals surface area (Å²) in [4.78, 5) is 10.7. The first-order valence-electron chi connectivity index (χ1n) is 6.65. The topological polar surface area (TPSA) is 90.4 Å². The lowest BCUT2D eigenvalue weighted by Gasteiger charge is -2.52. The maximum absolute atomic E-state index is 11.1. The number of nitrogens with zero attached hydrogens (tertiary/aromatic N) is 1. The van der Waals surface area contributed by atoms with E-state index in [-0.39, 0.29) is 23.9 Å². The van der Waals surface area contributed by atoms with Gasteiger partial charge in [0.2, 0.25) is 0 Å². The van der Waals surface area contributed by atoms with Crippen molar-refractivity contribution in [1.29, 1.82) is 0 Å². The number of rotatable bonds is 3. The number of hydrogen-bond donors (Lipinski definition) is 2. The van der Waals surface area contributed by atoms with Crippen LogP contribution >= 0.6 is 15.9 Å². The maximum Gasteiger partial charge on any atom is 0.292 e. The number of nitrogens with two attached hydrogens (primary N) is 1. The zero-order valence-electron chi connectivity index (χ0n) is 10.8. The van der Waals surface area contributed by atoms with Gasteiger partial charge in [-0.3, -0.25) is 10.1 Å². The predicted molar refractivity (Wildman–Crippen MR) is 78.6 cm³/mol. The molecule has 3 rings (SSSR count). The van der Waals surface area contributed by atoms with Gasteiger partial charge < -0.3 is 15.8 Å². The molecule has 1 aromatic carbocycles. The van der Waals surface area contributed by atoms with Gasteiger partial charge in [-0.2, -0.15) is 0 Å². The highest BCUT2D eigenvalue weighted by Crippen LogP contribution is 2.40. The minimum Gasteiger partial charge on any atom is -0.376 e. The molecule has 0 aromatic heterocycles. The molecule has 20 heavy (non-hydrogen) atoms. The van der Waals surface area contributed by atoms with E-state index in [4.69, 9.17) is 10.5 Å². The second kappa shape index (κ2) is 5.31. The molecule has 2 aliphatic rings. The number of anilines is 1. The molecule has 1 saturated carbocycles. The summed E-state index contributed by atoms with van der Waals surface area (Å²) in [6, 6.07) is 4.77. The van der Waals surface area contributed by atoms with Crippen molar-refractivity contribution in [2.45, 2.75) is 31.0 Å². The molecule has 6 nitrogen and oxygen atoms in total. The minimum atomic E-state index is -0.391. The Morgan fingerprint density at radius 2 is 2.30 bits per heavy atom. The van der Waals surface area contributed by atoms with Crippen molar-refractivity contribution in [3.05, 3.63) is 32.8 Å². The monoisotopic (exact) mass is 341 g/mol. The fraction of sp³-hybridized carbons (Fsp3) is 0.538. The van der Waals surface area contributed by atoms with Crippen molar-refractivity contribution in [1.82, 2.24) is 0 Å². The molecular weight excluding hydrogens is 326 g/mol. The molecule has 7 heteroatoms. The number of fused-ring (bicyclic) bond motifs is 1. The first-order valence-corrected chi connectivity index (χ1v) is 7.45. The molecular formula is C13H16BrN3O3. The molecule has 1 heterocycles. The first kappa shape index (κ1) is 13.8. The number of hydrogen-bond acceptors (Lipinski definition) is 5. The third kappa shape index (κ3) is 2.30. The van der Waals surface area contributed by atoms with E-state index in [0.29, 0.717) is 11.6 Å². The fourth-order valence-corrected chi connectivity index (χ4v) is 3.45. The summed E-state index contributed by atoms with van der Waals surface area (Å²) in [7, 11) is 0. The first-order chi connectivity index (χ1) is 9.58. The molecule has 1 aliphatic carbocycles. The lowest BCUT2D eigenvalue weighted by Crippen LogP contribution is -2.69. The normalized spacial score (nSPS) is 32.1. The van der Waals surface area contributed by atoms with E-state index in [9.17, 15) is 10.1 Å². The lowest BCUT2D eigenvalue weighted by atomic mass is 9.68. The van der Waals surface area contributed by atoms with Gasteiger partial charge in [0, 0.05) is 29.1 Å². The van der Waals surface area contributed by atoms with Crippen LogP contribution in [0, 0.1) is 16.0 Å². The van der Waals surface area contributed by atoms with E-state index < -0.39 is 4.92 Å². The highest BCUT2D eigenvalue weighted by molar-refractivity contribution is 9.10. The van der Waals surface area contributed by atoms with Crippen LogP contribution in [0.2, 0.25) is 0 Å². The zero-order valence-corrected chi connectivity index (χ0v) is 12.4. The van der Waals surface area contributed by atoms with Crippen LogP contribution in [0.4, 0.5) is 11.4 Å². The molecule has 0 bridgehead atoms. The smallest absolute Gasteiger partial charge is 0.292 e. The summed E-state index contributed by atoms with van der Waals surface area (Å²) in [6.07, 6.45) is 2.18. The molecule has 0 amide bonds. The van der Waals surface area contributed by atoms with Gasteiger partial charge in [-0.15, -0.1) is 0 Å². The molecule has 1 aliphatic heterocycles. The van der Waals surface area contributed by atoms with Gasteiger partial charge in [-0.25, -0.2) is 0 Å². The number of nitrogens with one attached hydrogen (secondary N) is 1. The van der Waals surface area contributed by atoms with E-state index in [1.54, 1.807) is 12.1 Å². The van der Waals surface area contributed by atoms with Gasteiger partial charge in [-0.05, 0) is 25.0 Å². The standard InChI is InChI=1S/C13H16BrN3O3/c14-7-3-4-10(17(18)19)9(6-7)16-12-11(15)8-2-1-5-20-13(8)12/h3-4,6,8,11-13,16H,1-2,5,15H2. The third-order valence-electron chi connectivity index (χ3n) is 4.15. The quantitative estimate of drug-likeness (QED) is 0.650. The summed E-state index contributed by atoms with van der Waals surface area (Å²) in [5.74, 6) is 0.368. The number of nitro benzene ring substituents is 1. The predicted octanol–water partition coefficient (Wildman–Crippen LogP) is 2.27. The number of benzene rings is 1. The molecule has 108 valence electrons. The van der Waals surface area contributed by atoms with Gasteiger partial charge in [-0.1, -0.05) is 15.9 Å². The van der Waals surface area contributed by atoms with Crippen molar-refractivity contribution in [2.75, 3.05) is 11.9 Å². The molecule has 4 atom stereocenters. The van der Waals surface area contributed by atoms with Gasteiger partial charge in [0.1, 0.15) is 5.69 Å². The molecule has 0 spiro atoms.